The van der Waals surface area contributed by atoms with Crippen molar-refractivity contribution in [3.63, 3.8) is 0 Å². The average Bonchev–Trinajstić information content (AvgIpc) is 1.49. The van der Waals surface area contributed by atoms with Crippen molar-refractivity contribution in [2.75, 3.05) is 9.80 Å². The molecule has 0 amide bonds. The Kier molecular flexibility index (Phi) is 18.6. The molecule has 0 saturated carbocycles. The van der Waals surface area contributed by atoms with Gasteiger partial charge in [-0.05, 0) is 220 Å². The van der Waals surface area contributed by atoms with Gasteiger partial charge in [0.05, 0.1) is 78.4 Å². The molecule has 138 heavy (non-hydrogen) atoms. The zero-order valence-electron chi connectivity index (χ0n) is 75.1. The van der Waals surface area contributed by atoms with Gasteiger partial charge in [-0.25, -0.2) is 19.9 Å². The van der Waals surface area contributed by atoms with Gasteiger partial charge in [0.2, 0.25) is 11.9 Å². The molecule has 20 aromatic carbocycles. The Morgan fingerprint density at radius 3 is 0.812 bits per heavy atom. The minimum atomic E-state index is -0.598. The van der Waals surface area contributed by atoms with Crippen LogP contribution in [0.3, 0.4) is 0 Å². The Hall–Kier alpha value is -18.2. The molecule has 2 aliphatic carbocycles. The topological polar surface area (TPSA) is 67.9 Å². The molecule has 2 aliphatic heterocycles. The first-order valence-electron chi connectivity index (χ1n) is 47.3. The number of aromatic nitrogens is 6. The molecule has 0 fully saturated rings. The SMILES string of the molecule is c1ccc(-c2ccc(-n3c4ccccc4c4cc(-c5ccc6c(c5)-c5ccccc5C65c6ccccc6N(c6nc(-c7ccccc7)cc(-c7ccccc7)n6)c6ccccc65)ccc43)cc2)cc1.c1ccc(-c2cccc(-n3c4ccccc4c4cc(-c5ccc6c(c5)-c5ccccc5C65c6ccccc6N(c6nc(-c7ccccc7)cc(-c7ccccc7)n6)c6ccccc65)ccc43)c2)cc1. The standard InChI is InChI=1S/2C65H42N4/c1-4-19-43(20-5-1)46-25-18-26-49(39-46)68-60-32-15-11-28-51(60)53-41-48(36-38-61(53)68)47-35-37-55-52(40-47)50-27-10-12-29-54(50)65(55)56-30-13-16-33-62(56)69(63-34-17-14-31-57(63)65)64-66-58(44-21-6-2-7-22-44)42-59(67-64)45-23-8-3-9-24-45;1-4-18-43(19-5-1)44-32-36-49(37-33-44)68-60-29-15-11-25-51(60)53-41-48(35-39-61(53)68)47-34-38-55-52(40-47)50-24-10-12-26-54(50)65(55)56-27-13-16-30-62(56)69(63-31-17-14-28-57(63)65)64-66-58(45-20-6-2-7-21-45)42-59(67-64)46-22-8-3-9-23-46/h2*1-42H. The van der Waals surface area contributed by atoms with Crippen LogP contribution in [-0.2, 0) is 10.8 Å². The summed E-state index contributed by atoms with van der Waals surface area (Å²) in [5, 5.41) is 4.94. The summed E-state index contributed by atoms with van der Waals surface area (Å²) in [6.45, 7) is 0. The van der Waals surface area contributed by atoms with Gasteiger partial charge in [-0.2, -0.15) is 0 Å². The number of anilines is 6. The second-order valence-electron chi connectivity index (χ2n) is 36.2. The first-order chi connectivity index (χ1) is 68.4. The van der Waals surface area contributed by atoms with E-state index in [1.54, 1.807) is 0 Å². The Bertz CT molecular complexity index is 8750. The Morgan fingerprint density at radius 2 is 0.420 bits per heavy atom. The molecule has 28 rings (SSSR count). The lowest BCUT2D eigenvalue weighted by Gasteiger charge is -2.44. The fraction of sp³-hybridized carbons (Fsp3) is 0.0154. The number of para-hydroxylation sites is 6. The quantitative estimate of drug-likeness (QED) is 0.121. The molecule has 6 heterocycles. The van der Waals surface area contributed by atoms with E-state index >= 15 is 0 Å². The maximum absolute atomic E-state index is 5.39. The summed E-state index contributed by atoms with van der Waals surface area (Å²) < 4.78 is 4.81. The van der Waals surface area contributed by atoms with E-state index in [2.05, 4.69) is 504 Å². The van der Waals surface area contributed by atoms with Crippen LogP contribution in [0.25, 0.3) is 167 Å². The van der Waals surface area contributed by atoms with E-state index in [1.165, 1.54) is 155 Å². The molecule has 0 bridgehead atoms. The van der Waals surface area contributed by atoms with Gasteiger partial charge in [0.15, 0.2) is 0 Å². The van der Waals surface area contributed by atoms with Gasteiger partial charge < -0.3 is 9.13 Å². The predicted molar refractivity (Wildman–Crippen MR) is 567 cm³/mol. The van der Waals surface area contributed by atoms with Crippen molar-refractivity contribution in [3.05, 3.63) is 554 Å². The molecule has 4 aliphatic rings. The molecule has 0 atom stereocenters. The number of hydrogen-bond donors (Lipinski definition) is 0. The highest BCUT2D eigenvalue weighted by Gasteiger charge is 2.54. The summed E-state index contributed by atoms with van der Waals surface area (Å²) >= 11 is 0. The van der Waals surface area contributed by atoms with E-state index in [0.29, 0.717) is 11.9 Å². The Labute approximate surface area is 799 Å². The van der Waals surface area contributed by atoms with Crippen molar-refractivity contribution in [2.45, 2.75) is 10.8 Å². The molecular formula is C130H84N8. The minimum absolute atomic E-state index is 0.596. The lowest BCUT2D eigenvalue weighted by molar-refractivity contribution is 0.749. The van der Waals surface area contributed by atoms with Crippen LogP contribution in [0.2, 0.25) is 0 Å². The average molecular weight is 1760 g/mol. The predicted octanol–water partition coefficient (Wildman–Crippen LogP) is 32.8. The largest absolute Gasteiger partial charge is 0.309 e. The van der Waals surface area contributed by atoms with Gasteiger partial charge in [0.25, 0.3) is 0 Å². The number of nitrogens with zero attached hydrogens (tertiary/aromatic N) is 8. The van der Waals surface area contributed by atoms with Crippen LogP contribution in [0.4, 0.5) is 34.6 Å². The first kappa shape index (κ1) is 79.5. The lowest BCUT2D eigenvalue weighted by Crippen LogP contribution is -2.36. The second-order valence-corrected chi connectivity index (χ2v) is 36.2. The van der Waals surface area contributed by atoms with E-state index in [4.69, 9.17) is 19.9 Å². The number of fused-ring (bicyclic) bond motifs is 24. The summed E-state index contributed by atoms with van der Waals surface area (Å²) in [5.74, 6) is 1.26. The second kappa shape index (κ2) is 32.3. The first-order valence-corrected chi connectivity index (χ1v) is 47.3. The number of rotatable bonds is 12. The maximum atomic E-state index is 5.39. The molecule has 8 heteroatoms. The summed E-state index contributed by atoms with van der Waals surface area (Å²) in [4.78, 5) is 26.1. The molecule has 0 unspecified atom stereocenters. The molecule has 0 radical (unpaired) electrons. The molecule has 24 aromatic rings. The Morgan fingerprint density at radius 1 is 0.152 bits per heavy atom. The van der Waals surface area contributed by atoms with Crippen LogP contribution in [-0.4, -0.2) is 29.1 Å². The molecule has 644 valence electrons. The molecule has 8 nitrogen and oxygen atoms in total. The van der Waals surface area contributed by atoms with Gasteiger partial charge in [0, 0.05) is 55.2 Å². The van der Waals surface area contributed by atoms with Gasteiger partial charge >= 0.3 is 0 Å². The van der Waals surface area contributed by atoms with Crippen molar-refractivity contribution < 1.29 is 0 Å². The highest BCUT2D eigenvalue weighted by molar-refractivity contribution is 6.13. The maximum Gasteiger partial charge on any atom is 0.235 e. The highest BCUT2D eigenvalue weighted by atomic mass is 15.3. The van der Waals surface area contributed by atoms with E-state index < -0.39 is 10.8 Å². The van der Waals surface area contributed by atoms with Gasteiger partial charge in [-0.15, -0.1) is 0 Å². The number of hydrogen-bond acceptors (Lipinski definition) is 6. The van der Waals surface area contributed by atoms with Crippen molar-refractivity contribution in [3.8, 4) is 123 Å². The molecular weight excluding hydrogens is 1670 g/mol. The van der Waals surface area contributed by atoms with E-state index in [0.717, 1.165) is 79.2 Å². The summed E-state index contributed by atoms with van der Waals surface area (Å²) in [6.07, 6.45) is 0. The normalized spacial score (nSPS) is 13.0. The zero-order valence-corrected chi connectivity index (χ0v) is 75.1. The number of benzene rings is 20. The molecule has 0 N–H and O–H groups in total. The fourth-order valence-corrected chi connectivity index (χ4v) is 22.9. The summed E-state index contributed by atoms with van der Waals surface area (Å²) in [7, 11) is 0. The minimum Gasteiger partial charge on any atom is -0.309 e. The third kappa shape index (κ3) is 12.5. The van der Waals surface area contributed by atoms with Gasteiger partial charge in [-0.3, -0.25) is 9.80 Å². The van der Waals surface area contributed by atoms with Crippen LogP contribution < -0.4 is 9.80 Å². The lowest BCUT2D eigenvalue weighted by atomic mass is 9.64. The monoisotopic (exact) mass is 1760 g/mol. The van der Waals surface area contributed by atoms with Crippen molar-refractivity contribution >= 4 is 78.3 Å². The fourth-order valence-electron chi connectivity index (χ4n) is 22.9. The van der Waals surface area contributed by atoms with Crippen LogP contribution in [0.1, 0.15) is 44.5 Å². The highest BCUT2D eigenvalue weighted by Crippen LogP contribution is 2.66. The zero-order chi connectivity index (χ0) is 90.9. The Balaban J connectivity index is 0.000000139. The summed E-state index contributed by atoms with van der Waals surface area (Å²) in [6, 6.07) is 184. The third-order valence-electron chi connectivity index (χ3n) is 28.8. The van der Waals surface area contributed by atoms with Gasteiger partial charge in [-0.1, -0.05) is 400 Å². The molecule has 4 aromatic heterocycles. The van der Waals surface area contributed by atoms with E-state index in [1.807, 2.05) is 24.3 Å². The van der Waals surface area contributed by atoms with E-state index in [-0.39, 0.29) is 0 Å². The van der Waals surface area contributed by atoms with Crippen LogP contribution >= 0.6 is 0 Å². The third-order valence-corrected chi connectivity index (χ3v) is 28.8. The van der Waals surface area contributed by atoms with Crippen LogP contribution in [0.15, 0.2) is 510 Å². The smallest absolute Gasteiger partial charge is 0.235 e. The molecule has 2 spiro atoms. The van der Waals surface area contributed by atoms with Crippen molar-refractivity contribution in [2.24, 2.45) is 0 Å². The van der Waals surface area contributed by atoms with Gasteiger partial charge in [0.1, 0.15) is 0 Å². The van der Waals surface area contributed by atoms with Crippen LogP contribution in [0.5, 0.6) is 0 Å². The van der Waals surface area contributed by atoms with Crippen molar-refractivity contribution in [1.29, 1.82) is 0 Å². The molecule has 0 saturated heterocycles. The van der Waals surface area contributed by atoms with E-state index in [9.17, 15) is 0 Å². The van der Waals surface area contributed by atoms with Crippen LogP contribution in [0, 0.1) is 0 Å². The van der Waals surface area contributed by atoms with Crippen molar-refractivity contribution in [1.82, 2.24) is 29.1 Å². The summed E-state index contributed by atoms with van der Waals surface area (Å²) in [5.41, 5.74) is 42.2.